The van der Waals surface area contributed by atoms with E-state index in [1.165, 1.54) is 0 Å². The normalized spacial score (nSPS) is 11.9. The second-order valence-corrected chi connectivity index (χ2v) is 9.12. The molecule has 6 nitrogen and oxygen atoms in total. The third-order valence-electron chi connectivity index (χ3n) is 5.07. The van der Waals surface area contributed by atoms with Crippen molar-refractivity contribution in [1.82, 2.24) is 0 Å². The standard InChI is InChI=1S/C23H44O6/c1-19(2)11-7-5-9-13-21(26)28-17-23(15-24,16-25)18-29-22(27)14-10-6-8-12-20(3)4/h19-20,24-25H,5-18H2,1-4H3. The van der Waals surface area contributed by atoms with Crippen molar-refractivity contribution in [1.29, 1.82) is 0 Å². The molecule has 0 aromatic rings. The monoisotopic (exact) mass is 416 g/mol. The van der Waals surface area contributed by atoms with Crippen LogP contribution in [0.25, 0.3) is 0 Å². The van der Waals surface area contributed by atoms with Crippen LogP contribution in [0.5, 0.6) is 0 Å². The van der Waals surface area contributed by atoms with Crippen molar-refractivity contribution >= 4 is 11.9 Å². The summed E-state index contributed by atoms with van der Waals surface area (Å²) in [5.74, 6) is 0.633. The van der Waals surface area contributed by atoms with Gasteiger partial charge in [-0.2, -0.15) is 0 Å². The molecule has 0 saturated carbocycles. The first-order valence-corrected chi connectivity index (χ1v) is 11.3. The molecule has 0 saturated heterocycles. The van der Waals surface area contributed by atoms with Gasteiger partial charge in [-0.25, -0.2) is 0 Å². The van der Waals surface area contributed by atoms with Crippen LogP contribution < -0.4 is 0 Å². The minimum absolute atomic E-state index is 0.160. The predicted molar refractivity (Wildman–Crippen MR) is 114 cm³/mol. The Hall–Kier alpha value is -1.14. The van der Waals surface area contributed by atoms with E-state index in [4.69, 9.17) is 9.47 Å². The highest BCUT2D eigenvalue weighted by Gasteiger charge is 2.32. The van der Waals surface area contributed by atoms with Gasteiger partial charge in [-0.3, -0.25) is 9.59 Å². The number of hydrogen-bond acceptors (Lipinski definition) is 6. The fourth-order valence-corrected chi connectivity index (χ4v) is 2.88. The Labute approximate surface area is 177 Å². The van der Waals surface area contributed by atoms with E-state index < -0.39 is 18.6 Å². The number of hydrogen-bond donors (Lipinski definition) is 2. The average Bonchev–Trinajstić information content (AvgIpc) is 2.67. The molecule has 0 aliphatic rings. The van der Waals surface area contributed by atoms with Crippen molar-refractivity contribution in [3.05, 3.63) is 0 Å². The van der Waals surface area contributed by atoms with Crippen LogP contribution in [-0.2, 0) is 19.1 Å². The van der Waals surface area contributed by atoms with E-state index in [0.717, 1.165) is 51.4 Å². The largest absolute Gasteiger partial charge is 0.465 e. The summed E-state index contributed by atoms with van der Waals surface area (Å²) in [7, 11) is 0. The van der Waals surface area contributed by atoms with E-state index in [1.807, 2.05) is 0 Å². The first kappa shape index (κ1) is 27.9. The van der Waals surface area contributed by atoms with Crippen molar-refractivity contribution in [2.24, 2.45) is 17.3 Å². The molecule has 0 rings (SSSR count). The van der Waals surface area contributed by atoms with Crippen LogP contribution in [0.4, 0.5) is 0 Å². The summed E-state index contributed by atoms with van der Waals surface area (Å²) >= 11 is 0. The molecular formula is C23H44O6. The molecule has 0 aliphatic heterocycles. The van der Waals surface area contributed by atoms with Gasteiger partial charge in [-0.05, 0) is 24.7 Å². The number of ether oxygens (including phenoxy) is 2. The number of carbonyl (C=O) groups is 2. The van der Waals surface area contributed by atoms with Crippen molar-refractivity contribution in [3.63, 3.8) is 0 Å². The van der Waals surface area contributed by atoms with Crippen LogP contribution in [0.15, 0.2) is 0 Å². The van der Waals surface area contributed by atoms with Gasteiger partial charge >= 0.3 is 11.9 Å². The Morgan fingerprint density at radius 1 is 0.690 bits per heavy atom. The lowest BCUT2D eigenvalue weighted by Crippen LogP contribution is -2.41. The molecule has 0 aliphatic carbocycles. The van der Waals surface area contributed by atoms with Crippen LogP contribution in [-0.4, -0.2) is 48.6 Å². The first-order chi connectivity index (χ1) is 13.7. The fourth-order valence-electron chi connectivity index (χ4n) is 2.88. The molecular weight excluding hydrogens is 372 g/mol. The second kappa shape index (κ2) is 16.6. The lowest BCUT2D eigenvalue weighted by molar-refractivity contribution is -0.159. The van der Waals surface area contributed by atoms with Gasteiger partial charge in [0.15, 0.2) is 0 Å². The lowest BCUT2D eigenvalue weighted by Gasteiger charge is -2.28. The van der Waals surface area contributed by atoms with Gasteiger partial charge in [0, 0.05) is 12.8 Å². The van der Waals surface area contributed by atoms with Crippen LogP contribution in [0, 0.1) is 17.3 Å². The van der Waals surface area contributed by atoms with Crippen LogP contribution in [0.1, 0.15) is 91.9 Å². The van der Waals surface area contributed by atoms with Crippen LogP contribution in [0.3, 0.4) is 0 Å². The summed E-state index contributed by atoms with van der Waals surface area (Å²) in [4.78, 5) is 23.8. The molecule has 0 atom stereocenters. The summed E-state index contributed by atoms with van der Waals surface area (Å²) in [6, 6.07) is 0. The van der Waals surface area contributed by atoms with E-state index in [1.54, 1.807) is 0 Å². The maximum absolute atomic E-state index is 11.9. The summed E-state index contributed by atoms with van der Waals surface area (Å²) < 4.78 is 10.5. The van der Waals surface area contributed by atoms with Gasteiger partial charge in [0.2, 0.25) is 0 Å². The van der Waals surface area contributed by atoms with Gasteiger partial charge in [0.05, 0.1) is 18.6 Å². The molecule has 0 aromatic carbocycles. The quantitative estimate of drug-likeness (QED) is 0.256. The summed E-state index contributed by atoms with van der Waals surface area (Å²) in [5.41, 5.74) is -1.15. The van der Waals surface area contributed by atoms with E-state index in [0.29, 0.717) is 24.7 Å². The SMILES string of the molecule is CC(C)CCCCCC(=O)OCC(CO)(CO)COC(=O)CCCCCC(C)C. The van der Waals surface area contributed by atoms with E-state index >= 15 is 0 Å². The van der Waals surface area contributed by atoms with Crippen molar-refractivity contribution in [2.75, 3.05) is 26.4 Å². The summed E-state index contributed by atoms with van der Waals surface area (Å²) in [6.45, 7) is 7.54. The number of unbranched alkanes of at least 4 members (excludes halogenated alkanes) is 4. The van der Waals surface area contributed by atoms with Crippen LogP contribution in [0.2, 0.25) is 0 Å². The Balaban J connectivity index is 4.12. The predicted octanol–water partition coefficient (Wildman–Crippen LogP) is 4.26. The smallest absolute Gasteiger partial charge is 0.305 e. The van der Waals surface area contributed by atoms with E-state index in [-0.39, 0.29) is 25.2 Å². The number of carbonyl (C=O) groups excluding carboxylic acids is 2. The zero-order valence-electron chi connectivity index (χ0n) is 19.1. The molecule has 0 fully saturated rings. The van der Waals surface area contributed by atoms with E-state index in [9.17, 15) is 19.8 Å². The molecule has 0 amide bonds. The highest BCUT2D eigenvalue weighted by Crippen LogP contribution is 2.19. The van der Waals surface area contributed by atoms with Crippen molar-refractivity contribution in [3.8, 4) is 0 Å². The molecule has 0 unspecified atom stereocenters. The second-order valence-electron chi connectivity index (χ2n) is 9.12. The van der Waals surface area contributed by atoms with Gasteiger partial charge in [-0.1, -0.05) is 66.2 Å². The van der Waals surface area contributed by atoms with Gasteiger partial charge < -0.3 is 19.7 Å². The molecule has 29 heavy (non-hydrogen) atoms. The number of aliphatic hydroxyl groups is 2. The zero-order chi connectivity index (χ0) is 22.1. The first-order valence-electron chi connectivity index (χ1n) is 11.3. The number of esters is 2. The maximum atomic E-state index is 11.9. The lowest BCUT2D eigenvalue weighted by atomic mass is 9.92. The minimum Gasteiger partial charge on any atom is -0.465 e. The molecule has 0 heterocycles. The number of rotatable bonds is 18. The molecule has 0 aromatic heterocycles. The van der Waals surface area contributed by atoms with Crippen molar-refractivity contribution < 1.29 is 29.3 Å². The topological polar surface area (TPSA) is 93.1 Å². The van der Waals surface area contributed by atoms with E-state index in [2.05, 4.69) is 27.7 Å². The fraction of sp³-hybridized carbons (Fsp3) is 0.913. The van der Waals surface area contributed by atoms with Crippen molar-refractivity contribution in [2.45, 2.75) is 91.9 Å². The molecule has 0 spiro atoms. The van der Waals surface area contributed by atoms with Crippen LogP contribution >= 0.6 is 0 Å². The molecule has 6 heteroatoms. The highest BCUT2D eigenvalue weighted by molar-refractivity contribution is 5.69. The Kier molecular flexibility index (Phi) is 16.0. The third-order valence-corrected chi connectivity index (χ3v) is 5.07. The third kappa shape index (κ3) is 15.4. The molecule has 0 bridgehead atoms. The van der Waals surface area contributed by atoms with Gasteiger partial charge in [-0.15, -0.1) is 0 Å². The maximum Gasteiger partial charge on any atom is 0.305 e. The zero-order valence-corrected chi connectivity index (χ0v) is 19.1. The average molecular weight is 417 g/mol. The summed E-state index contributed by atoms with van der Waals surface area (Å²) in [6.07, 6.45) is 8.62. The molecule has 2 N–H and O–H groups in total. The Morgan fingerprint density at radius 2 is 1.07 bits per heavy atom. The number of aliphatic hydroxyl groups excluding tert-OH is 2. The molecule has 0 radical (unpaired) electrons. The molecule has 172 valence electrons. The van der Waals surface area contributed by atoms with Gasteiger partial charge in [0.25, 0.3) is 0 Å². The Bertz CT molecular complexity index is 393. The summed E-state index contributed by atoms with van der Waals surface area (Å²) in [5, 5.41) is 19.3. The Morgan fingerprint density at radius 3 is 1.38 bits per heavy atom. The van der Waals surface area contributed by atoms with Gasteiger partial charge in [0.1, 0.15) is 13.2 Å². The minimum atomic E-state index is -1.15. The highest BCUT2D eigenvalue weighted by atomic mass is 16.5.